The van der Waals surface area contributed by atoms with E-state index in [2.05, 4.69) is 4.98 Å². The number of hydrogen-bond acceptors (Lipinski definition) is 7. The van der Waals surface area contributed by atoms with Gasteiger partial charge in [-0.3, -0.25) is 9.78 Å². The van der Waals surface area contributed by atoms with Gasteiger partial charge in [0, 0.05) is 12.4 Å². The number of carbonyl (C=O) groups is 1. The number of pyridine rings is 1. The van der Waals surface area contributed by atoms with Crippen molar-refractivity contribution in [1.82, 2.24) is 4.98 Å². The maximum absolute atomic E-state index is 11.2. The van der Waals surface area contributed by atoms with Gasteiger partial charge in [-0.1, -0.05) is 0 Å². The fraction of sp³-hybridized carbons (Fsp3) is 0.455. The van der Waals surface area contributed by atoms with E-state index in [9.17, 15) is 15.0 Å². The Bertz CT molecular complexity index is 515. The molecule has 1 unspecified atom stereocenters. The van der Waals surface area contributed by atoms with Crippen molar-refractivity contribution in [2.45, 2.75) is 23.6 Å². The molecule has 0 spiro atoms. The first kappa shape index (κ1) is 14.9. The molecule has 1 saturated heterocycles. The second-order valence-electron chi connectivity index (χ2n) is 4.19. The summed E-state index contributed by atoms with van der Waals surface area (Å²) in [7, 11) is 0. The van der Waals surface area contributed by atoms with E-state index in [1.165, 1.54) is 18.5 Å². The number of nitrogens with two attached hydrogens (primary N) is 1. The molecule has 0 aromatic carbocycles. The number of primary amides is 1. The lowest BCUT2D eigenvalue weighted by Crippen LogP contribution is -2.43. The van der Waals surface area contributed by atoms with Crippen LogP contribution in [0.2, 0.25) is 0 Å². The second-order valence-corrected chi connectivity index (χ2v) is 4.72. The molecule has 1 aromatic rings. The average molecular weight is 305 g/mol. The molecule has 0 radical (unpaired) electrons. The molecule has 5 N–H and O–H groups in total. The lowest BCUT2D eigenvalue weighted by molar-refractivity contribution is -0.151. The molecule has 110 valence electrons. The summed E-state index contributed by atoms with van der Waals surface area (Å²) < 4.78 is 10.3. The highest BCUT2D eigenvalue weighted by Crippen LogP contribution is 2.37. The Hall–Kier alpha value is -1.45. The highest BCUT2D eigenvalue weighted by molar-refractivity contribution is 6.22. The average Bonchev–Trinajstić information content (AvgIpc) is 2.63. The Kier molecular flexibility index (Phi) is 4.11. The molecule has 0 saturated carbocycles. The van der Waals surface area contributed by atoms with Crippen molar-refractivity contribution in [1.29, 1.82) is 0 Å². The Labute approximate surface area is 118 Å². The van der Waals surface area contributed by atoms with Gasteiger partial charge in [0.2, 0.25) is 0 Å². The summed E-state index contributed by atoms with van der Waals surface area (Å²) in [6.07, 6.45) is -1.68. The van der Waals surface area contributed by atoms with Crippen LogP contribution in [0.5, 0.6) is 5.75 Å². The van der Waals surface area contributed by atoms with Crippen molar-refractivity contribution in [3.05, 3.63) is 24.0 Å². The SMILES string of the molecule is NC(=O)c1cnccc1OC1(Cl)O[C@H](CO)[C@@H](O)[C@H]1O. The van der Waals surface area contributed by atoms with E-state index in [0.29, 0.717) is 0 Å². The molecule has 1 aliphatic heterocycles. The third-order valence-corrected chi connectivity index (χ3v) is 3.24. The van der Waals surface area contributed by atoms with Gasteiger partial charge in [0.15, 0.2) is 6.10 Å². The van der Waals surface area contributed by atoms with Crippen LogP contribution >= 0.6 is 11.6 Å². The molecule has 2 rings (SSSR count). The first-order valence-electron chi connectivity index (χ1n) is 5.65. The lowest BCUT2D eigenvalue weighted by Gasteiger charge is -2.26. The zero-order valence-electron chi connectivity index (χ0n) is 10.1. The van der Waals surface area contributed by atoms with Gasteiger partial charge in [-0.25, -0.2) is 0 Å². The van der Waals surface area contributed by atoms with E-state index in [0.717, 1.165) is 0 Å². The number of aromatic nitrogens is 1. The van der Waals surface area contributed by atoms with Crippen LogP contribution in [-0.4, -0.2) is 56.4 Å². The van der Waals surface area contributed by atoms with Crippen LogP contribution in [0.4, 0.5) is 0 Å². The van der Waals surface area contributed by atoms with Crippen molar-refractivity contribution in [3.63, 3.8) is 0 Å². The first-order chi connectivity index (χ1) is 9.39. The van der Waals surface area contributed by atoms with Gasteiger partial charge in [-0.05, 0) is 17.7 Å². The molecule has 1 fully saturated rings. The Balaban J connectivity index is 2.28. The first-order valence-corrected chi connectivity index (χ1v) is 6.03. The maximum Gasteiger partial charge on any atom is 0.320 e. The van der Waals surface area contributed by atoms with Gasteiger partial charge in [0.25, 0.3) is 5.91 Å². The molecule has 0 aliphatic carbocycles. The van der Waals surface area contributed by atoms with Gasteiger partial charge >= 0.3 is 5.25 Å². The number of amides is 1. The molecule has 1 amide bonds. The topological polar surface area (TPSA) is 135 Å². The van der Waals surface area contributed by atoms with Gasteiger partial charge in [0.1, 0.15) is 18.0 Å². The van der Waals surface area contributed by atoms with E-state index in [-0.39, 0.29) is 11.3 Å². The normalized spacial score (nSPS) is 33.1. The minimum absolute atomic E-state index is 0.0626. The Morgan fingerprint density at radius 1 is 1.60 bits per heavy atom. The predicted molar refractivity (Wildman–Crippen MR) is 65.9 cm³/mol. The van der Waals surface area contributed by atoms with Crippen LogP contribution in [0.15, 0.2) is 18.5 Å². The van der Waals surface area contributed by atoms with Crippen molar-refractivity contribution < 1.29 is 29.6 Å². The number of aliphatic hydroxyl groups is 3. The second kappa shape index (κ2) is 5.51. The number of rotatable bonds is 4. The zero-order valence-corrected chi connectivity index (χ0v) is 10.9. The van der Waals surface area contributed by atoms with Crippen LogP contribution in [0.25, 0.3) is 0 Å². The molecule has 4 atom stereocenters. The molecule has 2 heterocycles. The quantitative estimate of drug-likeness (QED) is 0.500. The van der Waals surface area contributed by atoms with Gasteiger partial charge in [0.05, 0.1) is 12.2 Å². The number of alkyl halides is 1. The number of halogens is 1. The standard InChI is InChI=1S/C11H13ClN2O6/c12-11(9(17)8(16)7(4-15)20-11)19-6-1-2-14-3-5(6)10(13)18/h1-3,7-9,15-17H,4H2,(H2,13,18)/t7-,8-,9-,11?/m1/s1. The summed E-state index contributed by atoms with van der Waals surface area (Å²) in [4.78, 5) is 14.9. The minimum Gasteiger partial charge on any atom is -0.445 e. The summed E-state index contributed by atoms with van der Waals surface area (Å²) in [5.74, 6) is -0.868. The van der Waals surface area contributed by atoms with Gasteiger partial charge in [-0.2, -0.15) is 0 Å². The lowest BCUT2D eigenvalue weighted by atomic mass is 10.1. The molecule has 9 heteroatoms. The van der Waals surface area contributed by atoms with Crippen molar-refractivity contribution >= 4 is 17.5 Å². The summed E-state index contributed by atoms with van der Waals surface area (Å²) in [6.45, 7) is -0.560. The largest absolute Gasteiger partial charge is 0.445 e. The molecule has 20 heavy (non-hydrogen) atoms. The molecule has 0 bridgehead atoms. The van der Waals surface area contributed by atoms with Crippen molar-refractivity contribution in [2.75, 3.05) is 6.61 Å². The highest BCUT2D eigenvalue weighted by atomic mass is 35.5. The van der Waals surface area contributed by atoms with E-state index in [1.807, 2.05) is 0 Å². The Morgan fingerprint density at radius 2 is 2.30 bits per heavy atom. The monoisotopic (exact) mass is 304 g/mol. The molecule has 8 nitrogen and oxygen atoms in total. The smallest absolute Gasteiger partial charge is 0.320 e. The van der Waals surface area contributed by atoms with Crippen LogP contribution in [0, 0.1) is 0 Å². The maximum atomic E-state index is 11.2. The van der Waals surface area contributed by atoms with E-state index in [4.69, 9.17) is 31.9 Å². The summed E-state index contributed by atoms with van der Waals surface area (Å²) in [6, 6.07) is 1.30. The number of hydrogen-bond donors (Lipinski definition) is 4. The Morgan fingerprint density at radius 3 is 2.85 bits per heavy atom. The van der Waals surface area contributed by atoms with E-state index in [1.54, 1.807) is 0 Å². The number of ether oxygens (including phenoxy) is 2. The molecule has 1 aliphatic rings. The molecule has 1 aromatic heterocycles. The number of nitrogens with zero attached hydrogens (tertiary/aromatic N) is 1. The van der Waals surface area contributed by atoms with Crippen LogP contribution < -0.4 is 10.5 Å². The predicted octanol–water partition coefficient (Wildman–Crippen LogP) is -1.44. The fourth-order valence-electron chi connectivity index (χ4n) is 1.79. The van der Waals surface area contributed by atoms with Crippen LogP contribution in [0.3, 0.4) is 0 Å². The van der Waals surface area contributed by atoms with Gasteiger partial charge in [-0.15, -0.1) is 0 Å². The number of aliphatic hydroxyl groups excluding tert-OH is 3. The minimum atomic E-state index is -2.14. The van der Waals surface area contributed by atoms with E-state index >= 15 is 0 Å². The molecular weight excluding hydrogens is 292 g/mol. The van der Waals surface area contributed by atoms with Crippen molar-refractivity contribution in [3.8, 4) is 5.75 Å². The van der Waals surface area contributed by atoms with Crippen LogP contribution in [-0.2, 0) is 4.74 Å². The third kappa shape index (κ3) is 2.56. The zero-order chi connectivity index (χ0) is 14.9. The van der Waals surface area contributed by atoms with E-state index < -0.39 is 36.1 Å². The molecular formula is C11H13ClN2O6. The fourth-order valence-corrected chi connectivity index (χ4v) is 2.12. The highest BCUT2D eigenvalue weighted by Gasteiger charge is 2.55. The summed E-state index contributed by atoms with van der Waals surface area (Å²) >= 11 is 5.96. The van der Waals surface area contributed by atoms with Crippen molar-refractivity contribution in [2.24, 2.45) is 5.73 Å². The summed E-state index contributed by atoms with van der Waals surface area (Å²) in [5.41, 5.74) is 5.09. The van der Waals surface area contributed by atoms with Crippen LogP contribution in [0.1, 0.15) is 10.4 Å². The third-order valence-electron chi connectivity index (χ3n) is 2.85. The van der Waals surface area contributed by atoms with Gasteiger partial charge < -0.3 is 30.5 Å². The summed E-state index contributed by atoms with van der Waals surface area (Å²) in [5, 5.41) is 26.3. The number of carbonyl (C=O) groups excluding carboxylic acids is 1.